The van der Waals surface area contributed by atoms with Crippen LogP contribution < -0.4 is 11.3 Å². The summed E-state index contributed by atoms with van der Waals surface area (Å²) in [4.78, 5) is 44.7. The summed E-state index contributed by atoms with van der Waals surface area (Å²) >= 11 is 0. The van der Waals surface area contributed by atoms with Gasteiger partial charge in [-0.15, -0.1) is 0 Å². The number of nitrogen functional groups attached to an aromatic ring is 1. The van der Waals surface area contributed by atoms with Crippen molar-refractivity contribution in [1.82, 2.24) is 19.5 Å². The van der Waals surface area contributed by atoms with Crippen LogP contribution in [-0.2, 0) is 41.4 Å². The van der Waals surface area contributed by atoms with Crippen molar-refractivity contribution in [1.29, 1.82) is 0 Å². The number of phosphoric acid groups is 2. The monoisotopic (exact) mass is 679 g/mol. The first kappa shape index (κ1) is 31.5. The largest absolute Gasteiger partial charge is 0.472 e. The first-order valence-corrected chi connectivity index (χ1v) is 17.4. The number of aromatic nitrogens is 4. The first-order valence-electron chi connectivity index (χ1n) is 14.5. The maximum atomic E-state index is 13.5. The summed E-state index contributed by atoms with van der Waals surface area (Å²) in [6, 6.07) is 13.4. The third-order valence-electron chi connectivity index (χ3n) is 8.07. The zero-order valence-corrected chi connectivity index (χ0v) is 26.1. The second kappa shape index (κ2) is 12.2. The number of nitrogens with one attached hydrogen (secondary N) is 1. The van der Waals surface area contributed by atoms with Crippen molar-refractivity contribution in [3.63, 3.8) is 0 Å². The minimum atomic E-state index is -4.91. The predicted molar refractivity (Wildman–Crippen MR) is 159 cm³/mol. The molecule has 3 aliphatic heterocycles. The Bertz CT molecular complexity index is 1920. The molecule has 2 bridgehead atoms. The molecule has 0 aliphatic carbocycles. The quantitative estimate of drug-likeness (QED) is 0.227. The zero-order chi connectivity index (χ0) is 32.2. The molecule has 19 heteroatoms. The van der Waals surface area contributed by atoms with Crippen LogP contribution in [-0.4, -0.2) is 79.6 Å². The van der Waals surface area contributed by atoms with Crippen LogP contribution in [0.5, 0.6) is 0 Å². The molecule has 4 aromatic rings. The van der Waals surface area contributed by atoms with Gasteiger partial charge in [0.15, 0.2) is 17.4 Å². The number of phosphoric ester groups is 2. The van der Waals surface area contributed by atoms with Gasteiger partial charge in [0.2, 0.25) is 5.95 Å². The summed E-state index contributed by atoms with van der Waals surface area (Å²) in [7, 11) is -9.67. The van der Waals surface area contributed by atoms with Crippen LogP contribution in [0.15, 0.2) is 53.6 Å². The Kier molecular flexibility index (Phi) is 8.36. The van der Waals surface area contributed by atoms with E-state index in [0.29, 0.717) is 0 Å². The number of nitrogens with zero attached hydrogens (tertiary/aromatic N) is 3. The van der Waals surface area contributed by atoms with Crippen molar-refractivity contribution in [2.45, 2.75) is 56.2 Å². The van der Waals surface area contributed by atoms with Crippen LogP contribution in [0.25, 0.3) is 21.9 Å². The molecule has 0 radical (unpaired) electrons. The minimum Gasteiger partial charge on any atom is -0.373 e. The Labute approximate surface area is 260 Å². The van der Waals surface area contributed by atoms with E-state index in [2.05, 4.69) is 15.0 Å². The third-order valence-corrected chi connectivity index (χ3v) is 10.1. The van der Waals surface area contributed by atoms with Gasteiger partial charge in [0.1, 0.15) is 30.5 Å². The van der Waals surface area contributed by atoms with Gasteiger partial charge in [-0.2, -0.15) is 4.98 Å². The average Bonchev–Trinajstić information content (AvgIpc) is 3.70. The molecule has 0 spiro atoms. The summed E-state index contributed by atoms with van der Waals surface area (Å²) < 4.78 is 68.3. The van der Waals surface area contributed by atoms with E-state index in [0.717, 1.165) is 16.3 Å². The highest BCUT2D eigenvalue weighted by atomic mass is 31.2. The second-order valence-corrected chi connectivity index (χ2v) is 13.8. The standard InChI is InChI=1S/C27H31N5O12P2/c1-2-38-22-20-12-40-45(34,35)43-18-10-17(16-9-5-7-14-6-3-4-8-15(14)16)41-19(18)11-39-46(36,37)44-23(22)26(42-20)32-13-29-21-24(32)30-27(28)31-25(21)33/h3-9,13,17-20,22-23,26H,2,10-12H2,1H3,(H,34,35)(H,36,37)(H3,28,30,31,33)/t17-,18-,19-,20-,22?,23+,26-/m1/s1. The fourth-order valence-electron chi connectivity index (χ4n) is 6.13. The summed E-state index contributed by atoms with van der Waals surface area (Å²) in [6.07, 6.45) is -6.28. The Morgan fingerprint density at radius 3 is 2.57 bits per heavy atom. The number of H-pyrrole nitrogens is 1. The number of hydrogen-bond acceptors (Lipinski definition) is 13. The predicted octanol–water partition coefficient (Wildman–Crippen LogP) is 2.71. The average molecular weight is 680 g/mol. The minimum absolute atomic E-state index is 0.00990. The highest BCUT2D eigenvalue weighted by Gasteiger charge is 2.53. The van der Waals surface area contributed by atoms with Crippen molar-refractivity contribution in [3.8, 4) is 0 Å². The molecule has 2 aromatic heterocycles. The Balaban J connectivity index is 1.21. The van der Waals surface area contributed by atoms with E-state index < -0.39 is 77.3 Å². The fraction of sp³-hybridized carbons (Fsp3) is 0.444. The summed E-state index contributed by atoms with van der Waals surface area (Å²) in [5, 5.41) is 1.88. The Hall–Kier alpha value is -3.05. The summed E-state index contributed by atoms with van der Waals surface area (Å²) in [6.45, 7) is 0.691. The van der Waals surface area contributed by atoms with Gasteiger partial charge < -0.3 is 29.7 Å². The number of fused-ring (bicyclic) bond motifs is 5. The lowest BCUT2D eigenvalue weighted by atomic mass is 9.98. The summed E-state index contributed by atoms with van der Waals surface area (Å²) in [5.41, 5.74) is 5.84. The van der Waals surface area contributed by atoms with Crippen molar-refractivity contribution in [2.75, 3.05) is 25.6 Å². The number of imidazole rings is 1. The number of rotatable bonds is 4. The van der Waals surface area contributed by atoms with Gasteiger partial charge in [-0.25, -0.2) is 14.1 Å². The fourth-order valence-corrected chi connectivity index (χ4v) is 8.02. The molecule has 246 valence electrons. The van der Waals surface area contributed by atoms with Crippen LogP contribution in [0.3, 0.4) is 0 Å². The molecule has 5 heterocycles. The molecule has 3 saturated heterocycles. The molecular weight excluding hydrogens is 648 g/mol. The molecule has 9 atom stereocenters. The number of anilines is 1. The molecule has 0 saturated carbocycles. The normalized spacial score (nSPS) is 35.4. The van der Waals surface area contributed by atoms with E-state index in [1.54, 1.807) is 6.92 Å². The van der Waals surface area contributed by atoms with E-state index in [-0.39, 0.29) is 30.1 Å². The molecule has 3 unspecified atom stereocenters. The lowest BCUT2D eigenvalue weighted by molar-refractivity contribution is -0.0646. The highest BCUT2D eigenvalue weighted by Crippen LogP contribution is 2.54. The lowest BCUT2D eigenvalue weighted by Gasteiger charge is -2.26. The van der Waals surface area contributed by atoms with Crippen molar-refractivity contribution in [3.05, 3.63) is 64.7 Å². The third kappa shape index (κ3) is 6.05. The van der Waals surface area contributed by atoms with Crippen molar-refractivity contribution < 1.29 is 51.2 Å². The molecular formula is C27H31N5O12P2. The second-order valence-electron chi connectivity index (χ2n) is 11.0. The molecule has 3 fully saturated rings. The molecule has 46 heavy (non-hydrogen) atoms. The molecule has 0 amide bonds. The Morgan fingerprint density at radius 2 is 1.76 bits per heavy atom. The maximum absolute atomic E-state index is 13.5. The number of nitrogens with two attached hydrogens (primary N) is 1. The Morgan fingerprint density at radius 1 is 1.02 bits per heavy atom. The van der Waals surface area contributed by atoms with E-state index in [1.807, 2.05) is 42.5 Å². The lowest BCUT2D eigenvalue weighted by Crippen LogP contribution is -2.38. The number of hydrogen-bond donors (Lipinski definition) is 4. The van der Waals surface area contributed by atoms with Crippen molar-refractivity contribution >= 4 is 43.5 Å². The van der Waals surface area contributed by atoms with Gasteiger partial charge in [0.25, 0.3) is 5.56 Å². The van der Waals surface area contributed by atoms with E-state index in [4.69, 9.17) is 38.0 Å². The van der Waals surface area contributed by atoms with Gasteiger partial charge in [0.05, 0.1) is 25.6 Å². The summed E-state index contributed by atoms with van der Waals surface area (Å²) in [5.74, 6) is -0.208. The SMILES string of the molecule is CCOC1[C@H]2COP(=O)(O)O[C@@H]3C[C@H](c4cccc5ccccc45)O[C@@H]3COP(=O)(O)O[C@@H]1[C@H](n1cnc3c(=O)[nH]c(N)nc31)O2. The van der Waals surface area contributed by atoms with Crippen molar-refractivity contribution in [2.24, 2.45) is 0 Å². The smallest absolute Gasteiger partial charge is 0.373 e. The molecule has 7 rings (SSSR count). The molecule has 3 aliphatic rings. The van der Waals surface area contributed by atoms with Crippen LogP contribution in [0.4, 0.5) is 5.95 Å². The topological polar surface area (TPSA) is 229 Å². The van der Waals surface area contributed by atoms with Gasteiger partial charge in [-0.05, 0) is 23.3 Å². The van der Waals surface area contributed by atoms with Gasteiger partial charge in [-0.1, -0.05) is 42.5 Å². The number of aromatic amines is 1. The number of ether oxygens (including phenoxy) is 3. The van der Waals surface area contributed by atoms with Gasteiger partial charge >= 0.3 is 15.6 Å². The van der Waals surface area contributed by atoms with Gasteiger partial charge in [-0.3, -0.25) is 32.4 Å². The molecule has 2 aromatic carbocycles. The zero-order valence-electron chi connectivity index (χ0n) is 24.3. The number of benzene rings is 2. The molecule has 17 nitrogen and oxygen atoms in total. The van der Waals surface area contributed by atoms with Crippen LogP contribution >= 0.6 is 15.6 Å². The van der Waals surface area contributed by atoms with Crippen LogP contribution in [0.1, 0.15) is 31.2 Å². The van der Waals surface area contributed by atoms with E-state index in [9.17, 15) is 23.7 Å². The molecule has 5 N–H and O–H groups in total. The maximum Gasteiger partial charge on any atom is 0.472 e. The van der Waals surface area contributed by atoms with E-state index in [1.165, 1.54) is 10.9 Å². The highest BCUT2D eigenvalue weighted by molar-refractivity contribution is 7.47. The van der Waals surface area contributed by atoms with Crippen LogP contribution in [0.2, 0.25) is 0 Å². The van der Waals surface area contributed by atoms with Crippen LogP contribution in [0, 0.1) is 0 Å². The van der Waals surface area contributed by atoms with Gasteiger partial charge in [0, 0.05) is 13.0 Å². The first-order chi connectivity index (χ1) is 22.0. The van der Waals surface area contributed by atoms with E-state index >= 15 is 0 Å².